The number of hydrogen-bond acceptors (Lipinski definition) is 3. The number of benzene rings is 9. The van der Waals surface area contributed by atoms with Crippen LogP contribution < -0.4 is 20.7 Å². The molecular weight excluding hydrogens is 779 g/mol. The van der Waals surface area contributed by atoms with Gasteiger partial charge in [-0.05, 0) is 65.3 Å². The Hall–Kier alpha value is -7.79. The Morgan fingerprint density at radius 1 is 0.286 bits per heavy atom. The standard InChI is InChI=1S/C59H41N3Si/c1-6-21-40(22-7-1)43-27-18-32-46(39-43)63(44-28-12-4-13-29-44,45-30-14-5-15-31-45)52-38-20-36-50-53-47-33-16-17-34-48(47)56(55(50)52)54-49(53)35-19-37-51(54)59-61-57(41-23-8-2-9-24-41)60-58(62-59)42-25-10-3-11-26-42/h1-39,53,56H. The first-order valence-corrected chi connectivity index (χ1v) is 23.8. The van der Waals surface area contributed by atoms with Gasteiger partial charge >= 0.3 is 0 Å². The highest BCUT2D eigenvalue weighted by molar-refractivity contribution is 7.20. The molecule has 0 N–H and O–H groups in total. The third-order valence-electron chi connectivity index (χ3n) is 13.3. The van der Waals surface area contributed by atoms with E-state index >= 15 is 0 Å². The maximum absolute atomic E-state index is 5.34. The van der Waals surface area contributed by atoms with Crippen molar-refractivity contribution < 1.29 is 0 Å². The molecule has 2 bridgehead atoms. The van der Waals surface area contributed by atoms with Gasteiger partial charge in [0.05, 0.1) is 0 Å². The fraction of sp³-hybridized carbons (Fsp3) is 0.0339. The first-order valence-electron chi connectivity index (χ1n) is 21.8. The Balaban J connectivity index is 1.16. The van der Waals surface area contributed by atoms with E-state index in [0.29, 0.717) is 17.5 Å². The zero-order chi connectivity index (χ0) is 41.7. The summed E-state index contributed by atoms with van der Waals surface area (Å²) in [6.07, 6.45) is 0. The molecule has 63 heavy (non-hydrogen) atoms. The van der Waals surface area contributed by atoms with E-state index in [1.165, 1.54) is 65.3 Å². The summed E-state index contributed by atoms with van der Waals surface area (Å²) in [6, 6.07) is 86.7. The minimum absolute atomic E-state index is 0.0361. The van der Waals surface area contributed by atoms with E-state index in [1.54, 1.807) is 0 Å². The van der Waals surface area contributed by atoms with Crippen molar-refractivity contribution in [3.63, 3.8) is 0 Å². The monoisotopic (exact) mass is 819 g/mol. The third kappa shape index (κ3) is 5.98. The fourth-order valence-electron chi connectivity index (χ4n) is 10.7. The van der Waals surface area contributed by atoms with E-state index in [2.05, 4.69) is 200 Å². The van der Waals surface area contributed by atoms with Gasteiger partial charge in [0.1, 0.15) is 0 Å². The molecule has 13 rings (SSSR count). The summed E-state index contributed by atoms with van der Waals surface area (Å²) in [5.41, 5.74) is 13.5. The van der Waals surface area contributed by atoms with Crippen molar-refractivity contribution in [2.45, 2.75) is 11.8 Å². The van der Waals surface area contributed by atoms with Gasteiger partial charge in [0.2, 0.25) is 0 Å². The summed E-state index contributed by atoms with van der Waals surface area (Å²) >= 11 is 0. The Bertz CT molecular complexity index is 3180. The highest BCUT2D eigenvalue weighted by Gasteiger charge is 2.50. The van der Waals surface area contributed by atoms with E-state index in [1.807, 2.05) is 36.4 Å². The molecule has 3 aliphatic rings. The number of rotatable bonds is 8. The maximum Gasteiger partial charge on any atom is 0.179 e. The van der Waals surface area contributed by atoms with Crippen LogP contribution in [0.3, 0.4) is 0 Å². The second-order valence-electron chi connectivity index (χ2n) is 16.6. The van der Waals surface area contributed by atoms with Crippen molar-refractivity contribution in [2.75, 3.05) is 0 Å². The zero-order valence-electron chi connectivity index (χ0n) is 34.5. The normalized spacial score (nSPS) is 14.7. The predicted octanol–water partition coefficient (Wildman–Crippen LogP) is 10.9. The number of hydrogen-bond donors (Lipinski definition) is 0. The average molecular weight is 820 g/mol. The van der Waals surface area contributed by atoms with Gasteiger partial charge in [-0.15, -0.1) is 0 Å². The van der Waals surface area contributed by atoms with Crippen LogP contribution in [0, 0.1) is 0 Å². The summed E-state index contributed by atoms with van der Waals surface area (Å²) in [5, 5.41) is 5.49. The molecular formula is C59H41N3Si. The molecule has 2 atom stereocenters. The molecule has 4 heteroatoms. The predicted molar refractivity (Wildman–Crippen MR) is 260 cm³/mol. The molecule has 0 radical (unpaired) electrons. The number of nitrogens with zero attached hydrogens (tertiary/aromatic N) is 3. The van der Waals surface area contributed by atoms with Gasteiger partial charge in [0.15, 0.2) is 25.5 Å². The Kier molecular flexibility index (Phi) is 8.98. The van der Waals surface area contributed by atoms with Crippen molar-refractivity contribution >= 4 is 28.8 Å². The Morgan fingerprint density at radius 3 is 1.29 bits per heavy atom. The average Bonchev–Trinajstić information content (AvgIpc) is 3.37. The van der Waals surface area contributed by atoms with Crippen LogP contribution >= 0.6 is 0 Å². The van der Waals surface area contributed by atoms with Gasteiger partial charge in [-0.25, -0.2) is 15.0 Å². The molecule has 0 saturated heterocycles. The van der Waals surface area contributed by atoms with Crippen LogP contribution in [0.25, 0.3) is 45.3 Å². The van der Waals surface area contributed by atoms with Crippen LogP contribution in [0.1, 0.15) is 45.2 Å². The van der Waals surface area contributed by atoms with Gasteiger partial charge in [-0.2, -0.15) is 0 Å². The molecule has 2 unspecified atom stereocenters. The lowest BCUT2D eigenvalue weighted by molar-refractivity contribution is 0.758. The van der Waals surface area contributed by atoms with Crippen molar-refractivity contribution in [2.24, 2.45) is 0 Å². The molecule has 9 aromatic carbocycles. The van der Waals surface area contributed by atoms with E-state index in [0.717, 1.165) is 16.7 Å². The topological polar surface area (TPSA) is 38.7 Å². The van der Waals surface area contributed by atoms with E-state index < -0.39 is 8.07 Å². The van der Waals surface area contributed by atoms with Crippen molar-refractivity contribution in [3.8, 4) is 45.3 Å². The zero-order valence-corrected chi connectivity index (χ0v) is 35.5. The summed E-state index contributed by atoms with van der Waals surface area (Å²) in [4.78, 5) is 15.8. The maximum atomic E-state index is 5.34. The molecule has 1 aromatic heterocycles. The summed E-state index contributed by atoms with van der Waals surface area (Å²) in [5.74, 6) is 1.98. The van der Waals surface area contributed by atoms with Gasteiger partial charge in [0.25, 0.3) is 0 Å². The molecule has 3 nitrogen and oxygen atoms in total. The Morgan fingerprint density at radius 2 is 0.698 bits per heavy atom. The van der Waals surface area contributed by atoms with Gasteiger partial charge in [0, 0.05) is 28.5 Å². The molecule has 0 saturated carbocycles. The van der Waals surface area contributed by atoms with E-state index in [4.69, 9.17) is 15.0 Å². The van der Waals surface area contributed by atoms with Crippen LogP contribution in [0.5, 0.6) is 0 Å². The highest BCUT2D eigenvalue weighted by atomic mass is 28.3. The van der Waals surface area contributed by atoms with Crippen LogP contribution in [-0.2, 0) is 0 Å². The number of aromatic nitrogens is 3. The molecule has 1 heterocycles. The van der Waals surface area contributed by atoms with Gasteiger partial charge in [-0.3, -0.25) is 0 Å². The first kappa shape index (κ1) is 37.0. The minimum Gasteiger partial charge on any atom is -0.208 e. The van der Waals surface area contributed by atoms with E-state index in [9.17, 15) is 0 Å². The smallest absolute Gasteiger partial charge is 0.179 e. The lowest BCUT2D eigenvalue weighted by atomic mass is 9.60. The molecule has 3 aliphatic carbocycles. The van der Waals surface area contributed by atoms with Crippen LogP contribution in [-0.4, -0.2) is 23.0 Å². The summed E-state index contributed by atoms with van der Waals surface area (Å²) < 4.78 is 0. The lowest BCUT2D eigenvalue weighted by Gasteiger charge is -2.46. The molecule has 0 aliphatic heterocycles. The van der Waals surface area contributed by atoms with Crippen molar-refractivity contribution in [1.82, 2.24) is 15.0 Å². The second-order valence-corrected chi connectivity index (χ2v) is 20.3. The minimum atomic E-state index is -3.07. The fourth-order valence-corrected chi connectivity index (χ4v) is 15.7. The van der Waals surface area contributed by atoms with Gasteiger partial charge in [-0.1, -0.05) is 237 Å². The van der Waals surface area contributed by atoms with Crippen molar-refractivity contribution in [3.05, 3.63) is 270 Å². The molecule has 0 fully saturated rings. The lowest BCUT2D eigenvalue weighted by Crippen LogP contribution is -2.75. The molecule has 10 aromatic rings. The van der Waals surface area contributed by atoms with Gasteiger partial charge < -0.3 is 0 Å². The summed E-state index contributed by atoms with van der Waals surface area (Å²) in [7, 11) is -3.07. The highest BCUT2D eigenvalue weighted by Crippen LogP contribution is 2.57. The molecule has 0 amide bonds. The SMILES string of the molecule is c1ccc(-c2cccc([Si](c3ccccc3)(c3ccccc3)c3cccc4c3C3c5ccccc5C4c4cccc(-c5nc(-c6ccccc6)nc(-c6ccccc6)n5)c43)c2)cc1. The van der Waals surface area contributed by atoms with Crippen molar-refractivity contribution in [1.29, 1.82) is 0 Å². The molecule has 0 spiro atoms. The quantitative estimate of drug-likeness (QED) is 0.113. The second kappa shape index (κ2) is 15.3. The first-order chi connectivity index (χ1) is 31.3. The van der Waals surface area contributed by atoms with E-state index in [-0.39, 0.29) is 11.8 Å². The summed E-state index contributed by atoms with van der Waals surface area (Å²) in [6.45, 7) is 0. The largest absolute Gasteiger partial charge is 0.208 e. The Labute approximate surface area is 369 Å². The van der Waals surface area contributed by atoms with Crippen LogP contribution in [0.15, 0.2) is 237 Å². The van der Waals surface area contributed by atoms with Crippen LogP contribution in [0.2, 0.25) is 0 Å². The third-order valence-corrected chi connectivity index (χ3v) is 18.1. The van der Waals surface area contributed by atoms with Crippen LogP contribution in [0.4, 0.5) is 0 Å². The molecule has 296 valence electrons.